The lowest BCUT2D eigenvalue weighted by Gasteiger charge is -2.14. The van der Waals surface area contributed by atoms with Gasteiger partial charge in [0.15, 0.2) is 0 Å². The number of nitrogens with one attached hydrogen (secondary N) is 1. The number of carbonyl (C=O) groups is 1. The summed E-state index contributed by atoms with van der Waals surface area (Å²) < 4.78 is 10.7. The van der Waals surface area contributed by atoms with Crippen LogP contribution in [0.3, 0.4) is 0 Å². The van der Waals surface area contributed by atoms with Crippen LogP contribution < -0.4 is 15.8 Å². The van der Waals surface area contributed by atoms with Crippen LogP contribution in [0.15, 0.2) is 53.1 Å². The van der Waals surface area contributed by atoms with Gasteiger partial charge < -0.3 is 20.3 Å². The van der Waals surface area contributed by atoms with Gasteiger partial charge in [-0.3, -0.25) is 4.79 Å². The van der Waals surface area contributed by atoms with Gasteiger partial charge >= 0.3 is 0 Å². The van der Waals surface area contributed by atoms with Gasteiger partial charge in [0, 0.05) is 25.5 Å². The highest BCUT2D eigenvalue weighted by molar-refractivity contribution is 5.73. The van der Waals surface area contributed by atoms with Gasteiger partial charge in [-0.2, -0.15) is 4.98 Å². The number of nitrogens with zero attached hydrogens (tertiary/aromatic N) is 2. The molecule has 1 amide bonds. The predicted molar refractivity (Wildman–Crippen MR) is 101 cm³/mol. The van der Waals surface area contributed by atoms with Crippen molar-refractivity contribution in [3.63, 3.8) is 0 Å². The van der Waals surface area contributed by atoms with Crippen LogP contribution in [0.25, 0.3) is 11.4 Å². The molecule has 1 aromatic heterocycles. The number of hydrogen-bond donors (Lipinski definition) is 2. The summed E-state index contributed by atoms with van der Waals surface area (Å²) in [7, 11) is 1.62. The molecule has 1 unspecified atom stereocenters. The first kappa shape index (κ1) is 18.6. The molecule has 2 aromatic carbocycles. The van der Waals surface area contributed by atoms with Crippen LogP contribution in [-0.4, -0.2) is 23.2 Å². The molecule has 0 saturated heterocycles. The summed E-state index contributed by atoms with van der Waals surface area (Å²) >= 11 is 0. The Labute approximate surface area is 157 Å². The summed E-state index contributed by atoms with van der Waals surface area (Å²) in [5.41, 5.74) is 8.46. The van der Waals surface area contributed by atoms with E-state index in [2.05, 4.69) is 15.5 Å². The highest BCUT2D eigenvalue weighted by Crippen LogP contribution is 2.23. The number of hydrogen-bond acceptors (Lipinski definition) is 6. The number of aromatic nitrogens is 2. The Bertz CT molecular complexity index is 906. The first-order chi connectivity index (χ1) is 13.1. The van der Waals surface area contributed by atoms with Crippen LogP contribution in [-0.2, 0) is 17.8 Å². The third-order valence-corrected chi connectivity index (χ3v) is 4.14. The number of carbonyl (C=O) groups excluding carboxylic acids is 1. The van der Waals surface area contributed by atoms with Gasteiger partial charge in [-0.1, -0.05) is 41.6 Å². The van der Waals surface area contributed by atoms with E-state index in [9.17, 15) is 4.79 Å². The fourth-order valence-corrected chi connectivity index (χ4v) is 2.76. The average molecular weight is 366 g/mol. The molecule has 3 aromatic rings. The maximum Gasteiger partial charge on any atom is 0.249 e. The standard InChI is InChI=1S/C20H22N4O3/c1-13(25)22-18(11-15-4-3-5-17(10-15)26-2)20-23-19(24-27-20)16-8-6-14(12-21)7-9-16/h3-10,18H,11-12,21H2,1-2H3,(H,22,25). The van der Waals surface area contributed by atoms with Crippen LogP contribution in [0, 0.1) is 0 Å². The average Bonchev–Trinajstić information content (AvgIpc) is 3.17. The molecule has 3 rings (SSSR count). The molecule has 1 atom stereocenters. The van der Waals surface area contributed by atoms with Crippen LogP contribution >= 0.6 is 0 Å². The fraction of sp³-hybridized carbons (Fsp3) is 0.250. The monoisotopic (exact) mass is 366 g/mol. The zero-order valence-electron chi connectivity index (χ0n) is 15.3. The number of benzene rings is 2. The molecule has 1 heterocycles. The van der Waals surface area contributed by atoms with Crippen molar-refractivity contribution in [2.75, 3.05) is 7.11 Å². The molecule has 0 bridgehead atoms. The lowest BCUT2D eigenvalue weighted by Crippen LogP contribution is -2.28. The Morgan fingerprint density at radius 1 is 1.22 bits per heavy atom. The van der Waals surface area contributed by atoms with Gasteiger partial charge in [-0.25, -0.2) is 0 Å². The molecule has 0 saturated carbocycles. The zero-order chi connectivity index (χ0) is 19.2. The minimum Gasteiger partial charge on any atom is -0.497 e. The summed E-state index contributed by atoms with van der Waals surface area (Å²) in [5, 5.41) is 6.92. The first-order valence-electron chi connectivity index (χ1n) is 8.62. The van der Waals surface area contributed by atoms with E-state index in [1.165, 1.54) is 6.92 Å². The molecular formula is C20H22N4O3. The summed E-state index contributed by atoms with van der Waals surface area (Å²) in [6.45, 7) is 1.93. The molecule has 0 spiro atoms. The highest BCUT2D eigenvalue weighted by atomic mass is 16.5. The lowest BCUT2D eigenvalue weighted by molar-refractivity contribution is -0.119. The van der Waals surface area contributed by atoms with E-state index in [1.54, 1.807) is 7.11 Å². The largest absolute Gasteiger partial charge is 0.497 e. The third-order valence-electron chi connectivity index (χ3n) is 4.14. The second-order valence-corrected chi connectivity index (χ2v) is 6.17. The predicted octanol–water partition coefficient (Wildman–Crippen LogP) is 2.62. The normalized spacial score (nSPS) is 11.8. The van der Waals surface area contributed by atoms with E-state index in [1.807, 2.05) is 48.5 Å². The zero-order valence-corrected chi connectivity index (χ0v) is 15.3. The van der Waals surface area contributed by atoms with Crippen LogP contribution in [0.5, 0.6) is 5.75 Å². The minimum atomic E-state index is -0.431. The quantitative estimate of drug-likeness (QED) is 0.666. The molecule has 3 N–H and O–H groups in total. The Morgan fingerprint density at radius 2 is 2.00 bits per heavy atom. The second-order valence-electron chi connectivity index (χ2n) is 6.17. The summed E-state index contributed by atoms with van der Waals surface area (Å²) in [6, 6.07) is 14.8. The van der Waals surface area contributed by atoms with Crippen molar-refractivity contribution in [2.24, 2.45) is 5.73 Å². The number of amides is 1. The van der Waals surface area contributed by atoms with Crippen molar-refractivity contribution in [3.05, 3.63) is 65.5 Å². The molecule has 7 nitrogen and oxygen atoms in total. The van der Waals surface area contributed by atoms with Gasteiger partial charge in [0.25, 0.3) is 0 Å². The van der Waals surface area contributed by atoms with Crippen molar-refractivity contribution in [1.82, 2.24) is 15.5 Å². The molecule has 0 aliphatic heterocycles. The Hall–Kier alpha value is -3.19. The van der Waals surface area contributed by atoms with Crippen molar-refractivity contribution in [3.8, 4) is 17.1 Å². The molecule has 140 valence electrons. The van der Waals surface area contributed by atoms with Gasteiger partial charge in [0.1, 0.15) is 11.8 Å². The first-order valence-corrected chi connectivity index (χ1v) is 8.62. The van der Waals surface area contributed by atoms with Gasteiger partial charge in [0.05, 0.1) is 7.11 Å². The molecule has 0 aliphatic carbocycles. The maximum absolute atomic E-state index is 11.7. The van der Waals surface area contributed by atoms with E-state index in [0.717, 1.165) is 22.4 Å². The van der Waals surface area contributed by atoms with Crippen molar-refractivity contribution in [2.45, 2.75) is 25.9 Å². The topological polar surface area (TPSA) is 103 Å². The summed E-state index contributed by atoms with van der Waals surface area (Å²) in [4.78, 5) is 16.1. The Kier molecular flexibility index (Phi) is 5.83. The van der Waals surface area contributed by atoms with Crippen LogP contribution in [0.1, 0.15) is 30.0 Å². The van der Waals surface area contributed by atoms with Gasteiger partial charge in [0.2, 0.25) is 17.6 Å². The molecule has 0 aliphatic rings. The van der Waals surface area contributed by atoms with Gasteiger partial charge in [-0.05, 0) is 23.3 Å². The SMILES string of the molecule is COc1cccc(CC(NC(C)=O)c2nc(-c3ccc(CN)cc3)no2)c1. The fourth-order valence-electron chi connectivity index (χ4n) is 2.76. The number of rotatable bonds is 7. The number of nitrogens with two attached hydrogens (primary N) is 1. The molecule has 27 heavy (non-hydrogen) atoms. The highest BCUT2D eigenvalue weighted by Gasteiger charge is 2.21. The van der Waals surface area contributed by atoms with E-state index in [-0.39, 0.29) is 5.91 Å². The summed E-state index contributed by atoms with van der Waals surface area (Å²) in [5.74, 6) is 1.40. The smallest absolute Gasteiger partial charge is 0.249 e. The second kappa shape index (κ2) is 8.46. The van der Waals surface area contributed by atoms with Crippen molar-refractivity contribution in [1.29, 1.82) is 0 Å². The van der Waals surface area contributed by atoms with Crippen LogP contribution in [0.4, 0.5) is 0 Å². The van der Waals surface area contributed by atoms with E-state index >= 15 is 0 Å². The maximum atomic E-state index is 11.7. The Morgan fingerprint density at radius 3 is 2.67 bits per heavy atom. The van der Waals surface area contributed by atoms with E-state index in [4.69, 9.17) is 15.0 Å². The van der Waals surface area contributed by atoms with Crippen LogP contribution in [0.2, 0.25) is 0 Å². The molecule has 0 fully saturated rings. The Balaban J connectivity index is 1.84. The molecular weight excluding hydrogens is 344 g/mol. The van der Waals surface area contributed by atoms with E-state index < -0.39 is 6.04 Å². The van der Waals surface area contributed by atoms with Gasteiger partial charge in [-0.15, -0.1) is 0 Å². The number of methoxy groups -OCH3 is 1. The third kappa shape index (κ3) is 4.71. The molecule has 7 heteroatoms. The number of ether oxygens (including phenoxy) is 1. The minimum absolute atomic E-state index is 0.171. The lowest BCUT2D eigenvalue weighted by atomic mass is 10.1. The van der Waals surface area contributed by atoms with Crippen molar-refractivity contribution >= 4 is 5.91 Å². The summed E-state index contributed by atoms with van der Waals surface area (Å²) in [6.07, 6.45) is 0.504. The van der Waals surface area contributed by atoms with E-state index in [0.29, 0.717) is 24.7 Å². The van der Waals surface area contributed by atoms with Crippen molar-refractivity contribution < 1.29 is 14.1 Å². The molecule has 0 radical (unpaired) electrons.